The summed E-state index contributed by atoms with van der Waals surface area (Å²) in [5.74, 6) is -2.01. The minimum absolute atomic E-state index is 0.108. The van der Waals surface area contributed by atoms with Crippen molar-refractivity contribution in [3.05, 3.63) is 64.5 Å². The summed E-state index contributed by atoms with van der Waals surface area (Å²) in [4.78, 5) is 50.8. The molecule has 0 spiro atoms. The molecule has 2 aromatic carbocycles. The van der Waals surface area contributed by atoms with Crippen LogP contribution >= 0.6 is 11.3 Å². The van der Waals surface area contributed by atoms with Crippen LogP contribution in [-0.2, 0) is 30.3 Å². The molecule has 1 atom stereocenters. The average molecular weight is 537 g/mol. The highest BCUT2D eigenvalue weighted by Gasteiger charge is 2.33. The van der Waals surface area contributed by atoms with Crippen LogP contribution in [0.3, 0.4) is 0 Å². The fourth-order valence-electron chi connectivity index (χ4n) is 4.30. The Morgan fingerprint density at radius 3 is 2.45 bits per heavy atom. The molecule has 0 saturated heterocycles. The van der Waals surface area contributed by atoms with Gasteiger partial charge in [0.1, 0.15) is 11.0 Å². The molecule has 1 heterocycles. The molecule has 1 aliphatic carbocycles. The summed E-state index contributed by atoms with van der Waals surface area (Å²) in [6, 6.07) is 12.6. The molecule has 1 fully saturated rings. The number of carbonyl (C=O) groups excluding carboxylic acids is 4. The Balaban J connectivity index is 1.35. The Morgan fingerprint density at radius 1 is 1.00 bits per heavy atom. The first-order valence-electron chi connectivity index (χ1n) is 12.8. The molecule has 0 aliphatic heterocycles. The highest BCUT2D eigenvalue weighted by Crippen LogP contribution is 2.46. The van der Waals surface area contributed by atoms with Crippen molar-refractivity contribution in [1.29, 1.82) is 0 Å². The van der Waals surface area contributed by atoms with E-state index < -0.39 is 30.5 Å². The van der Waals surface area contributed by atoms with Crippen molar-refractivity contribution in [2.24, 2.45) is 5.92 Å². The van der Waals surface area contributed by atoms with Crippen LogP contribution in [0.1, 0.15) is 61.0 Å². The van der Waals surface area contributed by atoms with Crippen LogP contribution in [0.4, 0.5) is 5.00 Å². The molecule has 4 rings (SSSR count). The van der Waals surface area contributed by atoms with E-state index >= 15 is 0 Å². The monoisotopic (exact) mass is 536 g/mol. The SMILES string of the molecule is CCOC(=O)c1c(C2CC2)csc1NC(=O)COC(=O)[C@@H](NC(=O)Cc1cccc2ccccc12)C(C)C. The molecule has 2 N–H and O–H groups in total. The van der Waals surface area contributed by atoms with Gasteiger partial charge < -0.3 is 20.1 Å². The van der Waals surface area contributed by atoms with Gasteiger partial charge in [-0.2, -0.15) is 0 Å². The van der Waals surface area contributed by atoms with Crippen molar-refractivity contribution in [2.75, 3.05) is 18.5 Å². The number of rotatable bonds is 11. The van der Waals surface area contributed by atoms with Gasteiger partial charge in [-0.15, -0.1) is 11.3 Å². The zero-order valence-electron chi connectivity index (χ0n) is 21.7. The van der Waals surface area contributed by atoms with Gasteiger partial charge in [0.2, 0.25) is 5.91 Å². The number of ether oxygens (including phenoxy) is 2. The van der Waals surface area contributed by atoms with Crippen LogP contribution < -0.4 is 10.6 Å². The maximum Gasteiger partial charge on any atom is 0.341 e. The van der Waals surface area contributed by atoms with E-state index in [4.69, 9.17) is 9.47 Å². The van der Waals surface area contributed by atoms with Crippen molar-refractivity contribution in [3.8, 4) is 0 Å². The van der Waals surface area contributed by atoms with Crippen LogP contribution in [0.15, 0.2) is 47.8 Å². The molecule has 1 saturated carbocycles. The van der Waals surface area contributed by atoms with Crippen molar-refractivity contribution in [1.82, 2.24) is 5.32 Å². The summed E-state index contributed by atoms with van der Waals surface area (Å²) >= 11 is 1.25. The molecule has 38 heavy (non-hydrogen) atoms. The largest absolute Gasteiger partial charge is 0.462 e. The number of hydrogen-bond donors (Lipinski definition) is 2. The Bertz CT molecular complexity index is 1340. The van der Waals surface area contributed by atoms with Gasteiger partial charge in [-0.3, -0.25) is 9.59 Å². The number of esters is 2. The third-order valence-electron chi connectivity index (χ3n) is 6.38. The molecule has 8 nitrogen and oxygen atoms in total. The summed E-state index contributed by atoms with van der Waals surface area (Å²) in [5, 5.41) is 9.70. The van der Waals surface area contributed by atoms with Crippen LogP contribution in [0, 0.1) is 5.92 Å². The van der Waals surface area contributed by atoms with E-state index in [1.807, 2.05) is 47.8 Å². The van der Waals surface area contributed by atoms with Crippen molar-refractivity contribution in [2.45, 2.75) is 52.0 Å². The Hall–Kier alpha value is -3.72. The third kappa shape index (κ3) is 6.58. The number of fused-ring (bicyclic) bond motifs is 1. The molecule has 9 heteroatoms. The molecule has 0 unspecified atom stereocenters. The predicted octanol–water partition coefficient (Wildman–Crippen LogP) is 4.82. The lowest BCUT2D eigenvalue weighted by Gasteiger charge is -2.21. The summed E-state index contributed by atoms with van der Waals surface area (Å²) in [7, 11) is 0. The highest BCUT2D eigenvalue weighted by atomic mass is 32.1. The first-order chi connectivity index (χ1) is 18.3. The summed E-state index contributed by atoms with van der Waals surface area (Å²) in [6.07, 6.45) is 2.10. The van der Waals surface area contributed by atoms with E-state index in [-0.39, 0.29) is 24.9 Å². The van der Waals surface area contributed by atoms with Crippen LogP contribution in [0.5, 0.6) is 0 Å². The lowest BCUT2D eigenvalue weighted by molar-refractivity contribution is -0.151. The second-order valence-corrected chi connectivity index (χ2v) is 10.5. The predicted molar refractivity (Wildman–Crippen MR) is 146 cm³/mol. The Kier molecular flexibility index (Phi) is 8.78. The van der Waals surface area contributed by atoms with Gasteiger partial charge in [-0.25, -0.2) is 9.59 Å². The van der Waals surface area contributed by atoms with Gasteiger partial charge in [0, 0.05) is 0 Å². The van der Waals surface area contributed by atoms with Crippen molar-refractivity contribution >= 4 is 50.9 Å². The minimum Gasteiger partial charge on any atom is -0.462 e. The number of benzene rings is 2. The first kappa shape index (κ1) is 27.3. The number of anilines is 1. The van der Waals surface area contributed by atoms with E-state index in [0.717, 1.165) is 34.7 Å². The standard InChI is InChI=1S/C29H32N2O6S/c1-4-36-28(34)25-22(19-12-13-19)16-38-27(25)31-24(33)15-37-29(35)26(17(2)3)30-23(32)14-20-10-7-9-18-8-5-6-11-21(18)20/h5-11,16-17,19,26H,4,12-15H2,1-3H3,(H,30,32)(H,31,33)/t26-/m0/s1. The van der Waals surface area contributed by atoms with Gasteiger partial charge in [-0.1, -0.05) is 56.3 Å². The molecule has 2 amide bonds. The summed E-state index contributed by atoms with van der Waals surface area (Å²) in [5.41, 5.74) is 2.11. The molecule has 200 valence electrons. The second kappa shape index (κ2) is 12.2. The number of nitrogens with one attached hydrogen (secondary N) is 2. The van der Waals surface area contributed by atoms with Gasteiger partial charge in [0.15, 0.2) is 6.61 Å². The number of thiophene rings is 1. The summed E-state index contributed by atoms with van der Waals surface area (Å²) in [6.45, 7) is 5.00. The fourth-order valence-corrected chi connectivity index (χ4v) is 5.35. The first-order valence-corrected chi connectivity index (χ1v) is 13.7. The van der Waals surface area contributed by atoms with E-state index in [1.54, 1.807) is 20.8 Å². The number of carbonyl (C=O) groups is 4. The molecule has 0 bridgehead atoms. The Labute approximate surface area is 225 Å². The van der Waals surface area contributed by atoms with Gasteiger partial charge in [0.05, 0.1) is 18.6 Å². The van der Waals surface area contributed by atoms with Crippen molar-refractivity contribution < 1.29 is 28.7 Å². The normalized spacial score (nSPS) is 13.7. The highest BCUT2D eigenvalue weighted by molar-refractivity contribution is 7.15. The van der Waals surface area contributed by atoms with Gasteiger partial charge in [0.25, 0.3) is 5.91 Å². The van der Waals surface area contributed by atoms with Crippen LogP contribution in [-0.4, -0.2) is 43.0 Å². The maximum absolute atomic E-state index is 12.8. The van der Waals surface area contributed by atoms with E-state index in [0.29, 0.717) is 16.5 Å². The second-order valence-electron chi connectivity index (χ2n) is 9.65. The Morgan fingerprint density at radius 2 is 1.74 bits per heavy atom. The van der Waals surface area contributed by atoms with Gasteiger partial charge >= 0.3 is 11.9 Å². The van der Waals surface area contributed by atoms with E-state index in [9.17, 15) is 19.2 Å². The number of hydrogen-bond acceptors (Lipinski definition) is 7. The molecule has 1 aliphatic rings. The zero-order valence-corrected chi connectivity index (χ0v) is 22.6. The lowest BCUT2D eigenvalue weighted by Crippen LogP contribution is -2.46. The van der Waals surface area contributed by atoms with E-state index in [2.05, 4.69) is 10.6 Å². The quantitative estimate of drug-likeness (QED) is 0.340. The van der Waals surface area contributed by atoms with Gasteiger partial charge in [-0.05, 0) is 58.9 Å². The smallest absolute Gasteiger partial charge is 0.341 e. The molecule has 1 aromatic heterocycles. The summed E-state index contributed by atoms with van der Waals surface area (Å²) < 4.78 is 10.4. The van der Waals surface area contributed by atoms with Crippen LogP contribution in [0.25, 0.3) is 10.8 Å². The molecular formula is C29H32N2O6S. The minimum atomic E-state index is -0.913. The topological polar surface area (TPSA) is 111 Å². The molecule has 3 aromatic rings. The molecular weight excluding hydrogens is 504 g/mol. The van der Waals surface area contributed by atoms with E-state index in [1.165, 1.54) is 11.3 Å². The zero-order chi connectivity index (χ0) is 27.2. The van der Waals surface area contributed by atoms with Crippen LogP contribution in [0.2, 0.25) is 0 Å². The number of amides is 2. The lowest BCUT2D eigenvalue weighted by atomic mass is 10.0. The fraction of sp³-hybridized carbons (Fsp3) is 0.379. The maximum atomic E-state index is 12.8. The van der Waals surface area contributed by atoms with Crippen molar-refractivity contribution in [3.63, 3.8) is 0 Å². The average Bonchev–Trinajstić information content (AvgIpc) is 3.66. The third-order valence-corrected chi connectivity index (χ3v) is 7.30. The molecule has 0 radical (unpaired) electrons.